The molecule has 4 aromatic heterocycles. The standard InChI is InChI=1S/C45H26N4OS/c1-2-12-27(13-3-1)43-46-44(28-22-23-40-33(24-28)31-16-6-10-20-39(31)50-40)48-45(47-43)35-25-34-32-17-7-11-21-41(32)51-42(34)26-38(35)49-36-18-8-4-14-29(36)30-15-5-9-19-37(30)49/h1-26H. The number of hydrogen-bond acceptors (Lipinski definition) is 5. The highest BCUT2D eigenvalue weighted by atomic mass is 32.1. The highest BCUT2D eigenvalue weighted by molar-refractivity contribution is 7.25. The molecule has 0 aliphatic carbocycles. The first-order valence-electron chi connectivity index (χ1n) is 16.9. The molecule has 11 aromatic rings. The van der Waals surface area contributed by atoms with Gasteiger partial charge in [0.25, 0.3) is 0 Å². The van der Waals surface area contributed by atoms with Crippen LogP contribution >= 0.6 is 11.3 Å². The van der Waals surface area contributed by atoms with Crippen molar-refractivity contribution in [2.45, 2.75) is 0 Å². The highest BCUT2D eigenvalue weighted by Gasteiger charge is 2.22. The second-order valence-electron chi connectivity index (χ2n) is 12.8. The predicted molar refractivity (Wildman–Crippen MR) is 211 cm³/mol. The number of aromatic nitrogens is 4. The average Bonchev–Trinajstić information content (AvgIpc) is 3.86. The van der Waals surface area contributed by atoms with Crippen LogP contribution in [0.25, 0.3) is 104 Å². The van der Waals surface area contributed by atoms with Gasteiger partial charge in [-0.2, -0.15) is 0 Å². The van der Waals surface area contributed by atoms with Gasteiger partial charge in [-0.1, -0.05) is 103 Å². The van der Waals surface area contributed by atoms with Crippen molar-refractivity contribution in [1.29, 1.82) is 0 Å². The summed E-state index contributed by atoms with van der Waals surface area (Å²) in [6.45, 7) is 0. The Morgan fingerprint density at radius 2 is 1.02 bits per heavy atom. The monoisotopic (exact) mass is 670 g/mol. The number of thiophene rings is 1. The van der Waals surface area contributed by atoms with Gasteiger partial charge >= 0.3 is 0 Å². The van der Waals surface area contributed by atoms with Crippen molar-refractivity contribution in [3.63, 3.8) is 0 Å². The minimum Gasteiger partial charge on any atom is -0.456 e. The third kappa shape index (κ3) is 4.37. The topological polar surface area (TPSA) is 56.7 Å². The van der Waals surface area contributed by atoms with Crippen LogP contribution in [-0.2, 0) is 0 Å². The summed E-state index contributed by atoms with van der Waals surface area (Å²) in [5.74, 6) is 1.84. The molecule has 7 aromatic carbocycles. The number of para-hydroxylation sites is 3. The van der Waals surface area contributed by atoms with Gasteiger partial charge in [-0.25, -0.2) is 15.0 Å². The van der Waals surface area contributed by atoms with Crippen LogP contribution < -0.4 is 0 Å². The third-order valence-electron chi connectivity index (χ3n) is 9.86. The van der Waals surface area contributed by atoms with Crippen LogP contribution in [0.2, 0.25) is 0 Å². The normalized spacial score (nSPS) is 11.9. The summed E-state index contributed by atoms with van der Waals surface area (Å²) in [5, 5.41) is 6.92. The minimum absolute atomic E-state index is 0.606. The fourth-order valence-corrected chi connectivity index (χ4v) is 8.63. The summed E-state index contributed by atoms with van der Waals surface area (Å²) in [5.41, 5.74) is 7.75. The Morgan fingerprint density at radius 1 is 0.412 bits per heavy atom. The van der Waals surface area contributed by atoms with Crippen LogP contribution in [0, 0.1) is 0 Å². The van der Waals surface area contributed by atoms with Crippen molar-refractivity contribution < 1.29 is 4.42 Å². The lowest BCUT2D eigenvalue weighted by Crippen LogP contribution is -2.03. The van der Waals surface area contributed by atoms with Crippen molar-refractivity contribution in [3.05, 3.63) is 158 Å². The van der Waals surface area contributed by atoms with E-state index in [-0.39, 0.29) is 0 Å². The van der Waals surface area contributed by atoms with Crippen LogP contribution in [0.15, 0.2) is 162 Å². The van der Waals surface area contributed by atoms with Gasteiger partial charge in [0.1, 0.15) is 11.2 Å². The van der Waals surface area contributed by atoms with Gasteiger partial charge in [-0.3, -0.25) is 0 Å². The van der Waals surface area contributed by atoms with E-state index < -0.39 is 0 Å². The summed E-state index contributed by atoms with van der Waals surface area (Å²) in [6.07, 6.45) is 0. The molecule has 0 saturated carbocycles. The Morgan fingerprint density at radius 3 is 1.80 bits per heavy atom. The average molecular weight is 671 g/mol. The molecule has 0 N–H and O–H groups in total. The first-order chi connectivity index (χ1) is 25.3. The van der Waals surface area contributed by atoms with Crippen LogP contribution in [0.5, 0.6) is 0 Å². The summed E-state index contributed by atoms with van der Waals surface area (Å²) in [4.78, 5) is 15.7. The second kappa shape index (κ2) is 10.9. The number of nitrogens with zero attached hydrogens (tertiary/aromatic N) is 4. The zero-order valence-corrected chi connectivity index (χ0v) is 27.9. The molecule has 0 aliphatic rings. The van der Waals surface area contributed by atoms with Crippen molar-refractivity contribution in [1.82, 2.24) is 19.5 Å². The van der Waals surface area contributed by atoms with Crippen LogP contribution in [0.1, 0.15) is 0 Å². The van der Waals surface area contributed by atoms with Gasteiger partial charge in [-0.15, -0.1) is 11.3 Å². The minimum atomic E-state index is 0.606. The van der Waals surface area contributed by atoms with Gasteiger partial charge in [0.15, 0.2) is 17.5 Å². The molecule has 0 atom stereocenters. The zero-order chi connectivity index (χ0) is 33.5. The number of rotatable bonds is 4. The van der Waals surface area contributed by atoms with Gasteiger partial charge in [-0.05, 0) is 54.6 Å². The van der Waals surface area contributed by atoms with Crippen molar-refractivity contribution in [3.8, 4) is 39.9 Å². The van der Waals surface area contributed by atoms with E-state index >= 15 is 0 Å². The fraction of sp³-hybridized carbons (Fsp3) is 0. The van der Waals surface area contributed by atoms with E-state index in [1.165, 1.54) is 30.9 Å². The number of benzene rings is 7. The van der Waals surface area contributed by atoms with Gasteiger partial charge in [0.05, 0.1) is 16.7 Å². The van der Waals surface area contributed by atoms with Crippen LogP contribution in [0.4, 0.5) is 0 Å². The smallest absolute Gasteiger partial charge is 0.166 e. The third-order valence-corrected chi connectivity index (χ3v) is 11.0. The molecular weight excluding hydrogens is 645 g/mol. The van der Waals surface area contributed by atoms with Crippen molar-refractivity contribution in [2.24, 2.45) is 0 Å². The SMILES string of the molecule is c1ccc(-c2nc(-c3ccc4oc5ccccc5c4c3)nc(-c3cc4c(cc3-n3c5ccccc5c5ccccc53)sc3ccccc34)n2)cc1. The molecule has 0 spiro atoms. The molecule has 5 nitrogen and oxygen atoms in total. The van der Waals surface area contributed by atoms with Gasteiger partial charge in [0, 0.05) is 58.4 Å². The van der Waals surface area contributed by atoms with Crippen molar-refractivity contribution in [2.75, 3.05) is 0 Å². The van der Waals surface area contributed by atoms with E-state index in [4.69, 9.17) is 19.4 Å². The number of hydrogen-bond donors (Lipinski definition) is 0. The molecule has 51 heavy (non-hydrogen) atoms. The van der Waals surface area contributed by atoms with E-state index in [9.17, 15) is 0 Å². The Kier molecular flexibility index (Phi) is 6.05. The van der Waals surface area contributed by atoms with Gasteiger partial charge in [0.2, 0.25) is 0 Å². The number of furan rings is 1. The maximum atomic E-state index is 6.17. The molecular formula is C45H26N4OS. The molecule has 4 heterocycles. The lowest BCUT2D eigenvalue weighted by Gasteiger charge is -2.15. The Balaban J connectivity index is 1.24. The van der Waals surface area contributed by atoms with E-state index in [1.807, 2.05) is 59.9 Å². The van der Waals surface area contributed by atoms with E-state index in [0.29, 0.717) is 17.5 Å². The maximum absolute atomic E-state index is 6.17. The zero-order valence-electron chi connectivity index (χ0n) is 27.1. The highest BCUT2D eigenvalue weighted by Crippen LogP contribution is 2.42. The quantitative estimate of drug-likeness (QED) is 0.187. The van der Waals surface area contributed by atoms with Crippen LogP contribution in [-0.4, -0.2) is 19.5 Å². The molecule has 0 fully saturated rings. The molecule has 6 heteroatoms. The van der Waals surface area contributed by atoms with Gasteiger partial charge < -0.3 is 8.98 Å². The van der Waals surface area contributed by atoms with Crippen LogP contribution in [0.3, 0.4) is 0 Å². The first kappa shape index (κ1) is 28.2. The molecule has 0 bridgehead atoms. The van der Waals surface area contributed by atoms with E-state index in [0.717, 1.165) is 55.3 Å². The first-order valence-corrected chi connectivity index (χ1v) is 17.8. The Bertz CT molecular complexity index is 3100. The summed E-state index contributed by atoms with van der Waals surface area (Å²) in [6, 6.07) is 55.0. The molecule has 0 amide bonds. The lowest BCUT2D eigenvalue weighted by atomic mass is 10.1. The Hall–Kier alpha value is -6.63. The van der Waals surface area contributed by atoms with E-state index in [1.54, 1.807) is 0 Å². The largest absolute Gasteiger partial charge is 0.456 e. The fourth-order valence-electron chi connectivity index (χ4n) is 7.51. The lowest BCUT2D eigenvalue weighted by molar-refractivity contribution is 0.669. The summed E-state index contributed by atoms with van der Waals surface area (Å²) < 4.78 is 11.0. The van der Waals surface area contributed by atoms with E-state index in [2.05, 4.69) is 114 Å². The molecule has 0 saturated heterocycles. The molecule has 11 rings (SSSR count). The maximum Gasteiger partial charge on any atom is 0.166 e. The molecule has 0 unspecified atom stereocenters. The molecule has 238 valence electrons. The molecule has 0 aliphatic heterocycles. The summed E-state index contributed by atoms with van der Waals surface area (Å²) in [7, 11) is 0. The second-order valence-corrected chi connectivity index (χ2v) is 13.9. The number of fused-ring (bicyclic) bond motifs is 9. The Labute approximate surface area is 295 Å². The molecule has 0 radical (unpaired) electrons. The van der Waals surface area contributed by atoms with Crippen molar-refractivity contribution >= 4 is 75.3 Å². The predicted octanol–water partition coefficient (Wildman–Crippen LogP) is 12.2. The summed E-state index contributed by atoms with van der Waals surface area (Å²) >= 11 is 1.82.